The van der Waals surface area contributed by atoms with E-state index in [9.17, 15) is 8.42 Å². The minimum atomic E-state index is -3.57. The zero-order chi connectivity index (χ0) is 11.8. The molecule has 0 bridgehead atoms. The maximum Gasteiger partial charge on any atom is 0.284 e. The van der Waals surface area contributed by atoms with Gasteiger partial charge in [-0.2, -0.15) is 0 Å². The van der Waals surface area contributed by atoms with Gasteiger partial charge in [0.25, 0.3) is 10.0 Å². The fourth-order valence-electron chi connectivity index (χ4n) is 1.64. The van der Waals surface area contributed by atoms with Crippen LogP contribution in [0, 0.1) is 6.92 Å². The Morgan fingerprint density at radius 3 is 2.81 bits per heavy atom. The largest absolute Gasteiger partial charge is 0.334 e. The molecular weight excluding hydrogens is 230 g/mol. The Kier molecular flexibility index (Phi) is 3.00. The molecule has 1 fully saturated rings. The molecule has 0 atom stereocenters. The Hall–Kier alpha value is -0.920. The minimum Gasteiger partial charge on any atom is -0.334 e. The Morgan fingerprint density at radius 2 is 2.31 bits per heavy atom. The Bertz CT molecular complexity index is 474. The zero-order valence-electron chi connectivity index (χ0n) is 9.38. The van der Waals surface area contributed by atoms with E-state index >= 15 is 0 Å². The number of hydrogen-bond acceptors (Lipinski definition) is 4. The number of nitrogens with zero attached hydrogens (tertiary/aromatic N) is 3. The molecule has 1 saturated heterocycles. The van der Waals surface area contributed by atoms with Crippen LogP contribution in [0.4, 0.5) is 0 Å². The Balaban J connectivity index is 2.35. The molecule has 1 aliphatic rings. The van der Waals surface area contributed by atoms with Gasteiger partial charge >= 0.3 is 0 Å². The van der Waals surface area contributed by atoms with Crippen LogP contribution in [0.15, 0.2) is 11.2 Å². The molecule has 7 heteroatoms. The summed E-state index contributed by atoms with van der Waals surface area (Å²) < 4.78 is 26.9. The van der Waals surface area contributed by atoms with Gasteiger partial charge in [-0.1, -0.05) is 4.47 Å². The SMILES string of the molecule is CCn1cc(S(=O)(=O)N2CCCO2)nc1C. The number of aromatic nitrogens is 2. The molecule has 1 aromatic heterocycles. The molecule has 0 amide bonds. The maximum atomic E-state index is 12.0. The lowest BCUT2D eigenvalue weighted by molar-refractivity contribution is -0.0286. The molecule has 0 N–H and O–H groups in total. The molecule has 1 aromatic rings. The molecule has 2 rings (SSSR count). The average molecular weight is 245 g/mol. The quantitative estimate of drug-likeness (QED) is 0.779. The second-order valence-electron chi connectivity index (χ2n) is 3.63. The highest BCUT2D eigenvalue weighted by atomic mass is 32.2. The van der Waals surface area contributed by atoms with Crippen LogP contribution in [0.5, 0.6) is 0 Å². The summed E-state index contributed by atoms with van der Waals surface area (Å²) in [5.41, 5.74) is 0. The van der Waals surface area contributed by atoms with Gasteiger partial charge in [0, 0.05) is 19.3 Å². The van der Waals surface area contributed by atoms with E-state index < -0.39 is 10.0 Å². The molecule has 0 unspecified atom stereocenters. The standard InChI is InChI=1S/C9H15N3O3S/c1-3-11-7-9(10-8(11)2)16(13,14)12-5-4-6-15-12/h7H,3-6H2,1-2H3. The fourth-order valence-corrected chi connectivity index (χ4v) is 2.94. The van der Waals surface area contributed by atoms with Gasteiger partial charge < -0.3 is 4.57 Å². The highest BCUT2D eigenvalue weighted by Crippen LogP contribution is 2.19. The number of hydroxylamine groups is 1. The molecule has 0 aromatic carbocycles. The molecule has 1 aliphatic heterocycles. The molecule has 90 valence electrons. The first-order chi connectivity index (χ1) is 7.55. The second-order valence-corrected chi connectivity index (χ2v) is 5.41. The van der Waals surface area contributed by atoms with E-state index in [2.05, 4.69) is 4.98 Å². The lowest BCUT2D eigenvalue weighted by Gasteiger charge is -2.11. The summed E-state index contributed by atoms with van der Waals surface area (Å²) in [5.74, 6) is 0.695. The van der Waals surface area contributed by atoms with E-state index in [0.717, 1.165) is 10.9 Å². The van der Waals surface area contributed by atoms with Crippen LogP contribution in [0.1, 0.15) is 19.2 Å². The molecule has 16 heavy (non-hydrogen) atoms. The van der Waals surface area contributed by atoms with E-state index in [1.54, 1.807) is 17.7 Å². The molecular formula is C9H15N3O3S. The van der Waals surface area contributed by atoms with Gasteiger partial charge in [0.05, 0.1) is 6.61 Å². The minimum absolute atomic E-state index is 0.0637. The molecule has 2 heterocycles. The van der Waals surface area contributed by atoms with E-state index in [-0.39, 0.29) is 5.03 Å². The summed E-state index contributed by atoms with van der Waals surface area (Å²) in [4.78, 5) is 9.10. The van der Waals surface area contributed by atoms with Crippen molar-refractivity contribution in [2.24, 2.45) is 0 Å². The first kappa shape index (κ1) is 11.6. The van der Waals surface area contributed by atoms with Crippen molar-refractivity contribution in [2.75, 3.05) is 13.2 Å². The van der Waals surface area contributed by atoms with Crippen molar-refractivity contribution in [3.63, 3.8) is 0 Å². The van der Waals surface area contributed by atoms with Gasteiger partial charge in [-0.05, 0) is 20.3 Å². The van der Waals surface area contributed by atoms with Crippen LogP contribution in [0.2, 0.25) is 0 Å². The van der Waals surface area contributed by atoms with Gasteiger partial charge in [-0.25, -0.2) is 13.4 Å². The maximum absolute atomic E-state index is 12.0. The average Bonchev–Trinajstić information content (AvgIpc) is 2.85. The van der Waals surface area contributed by atoms with Crippen molar-refractivity contribution in [3.05, 3.63) is 12.0 Å². The van der Waals surface area contributed by atoms with Gasteiger partial charge in [-0.3, -0.25) is 4.84 Å². The van der Waals surface area contributed by atoms with E-state index in [1.807, 2.05) is 6.92 Å². The summed E-state index contributed by atoms with van der Waals surface area (Å²) in [6, 6.07) is 0. The van der Waals surface area contributed by atoms with Crippen LogP contribution in [0.25, 0.3) is 0 Å². The summed E-state index contributed by atoms with van der Waals surface area (Å²) in [6.07, 6.45) is 2.28. The highest BCUT2D eigenvalue weighted by Gasteiger charge is 2.31. The van der Waals surface area contributed by atoms with Gasteiger partial charge in [0.2, 0.25) is 0 Å². The molecule has 0 aliphatic carbocycles. The summed E-state index contributed by atoms with van der Waals surface area (Å²) in [5, 5.41) is 0.0637. The van der Waals surface area contributed by atoms with Crippen LogP contribution in [-0.2, 0) is 21.4 Å². The van der Waals surface area contributed by atoms with Crippen molar-refractivity contribution in [1.82, 2.24) is 14.0 Å². The van der Waals surface area contributed by atoms with Crippen molar-refractivity contribution >= 4 is 10.0 Å². The third-order valence-corrected chi connectivity index (χ3v) is 4.10. The van der Waals surface area contributed by atoms with Crippen LogP contribution in [0.3, 0.4) is 0 Å². The van der Waals surface area contributed by atoms with Gasteiger partial charge in [0.1, 0.15) is 5.82 Å². The van der Waals surface area contributed by atoms with Gasteiger partial charge in [-0.15, -0.1) is 0 Å². The predicted octanol–water partition coefficient (Wildman–Crippen LogP) is 0.537. The molecule has 0 radical (unpaired) electrons. The van der Waals surface area contributed by atoms with Crippen LogP contribution >= 0.6 is 0 Å². The summed E-state index contributed by atoms with van der Waals surface area (Å²) >= 11 is 0. The van der Waals surface area contributed by atoms with Gasteiger partial charge in [0.15, 0.2) is 5.03 Å². The molecule has 0 spiro atoms. The predicted molar refractivity (Wildman–Crippen MR) is 57.1 cm³/mol. The van der Waals surface area contributed by atoms with Crippen molar-refractivity contribution in [1.29, 1.82) is 0 Å². The van der Waals surface area contributed by atoms with Crippen LogP contribution < -0.4 is 0 Å². The van der Waals surface area contributed by atoms with E-state index in [1.165, 1.54) is 0 Å². The van der Waals surface area contributed by atoms with Crippen molar-refractivity contribution < 1.29 is 13.3 Å². The first-order valence-corrected chi connectivity index (χ1v) is 6.69. The van der Waals surface area contributed by atoms with E-state index in [0.29, 0.717) is 25.5 Å². The van der Waals surface area contributed by atoms with E-state index in [4.69, 9.17) is 4.84 Å². The van der Waals surface area contributed by atoms with Crippen LogP contribution in [-0.4, -0.2) is 35.6 Å². The first-order valence-electron chi connectivity index (χ1n) is 5.25. The summed E-state index contributed by atoms with van der Waals surface area (Å²) in [6.45, 7) is 5.28. The number of imidazole rings is 1. The highest BCUT2D eigenvalue weighted by molar-refractivity contribution is 7.88. The third-order valence-electron chi connectivity index (χ3n) is 2.55. The second kappa shape index (κ2) is 4.15. The number of aryl methyl sites for hydroxylation is 2. The fraction of sp³-hybridized carbons (Fsp3) is 0.667. The number of rotatable bonds is 3. The Morgan fingerprint density at radius 1 is 1.56 bits per heavy atom. The summed E-state index contributed by atoms with van der Waals surface area (Å²) in [7, 11) is -3.57. The van der Waals surface area contributed by atoms with Crippen molar-refractivity contribution in [3.8, 4) is 0 Å². The lowest BCUT2D eigenvalue weighted by Crippen LogP contribution is -2.27. The Labute approximate surface area is 94.8 Å². The molecule has 0 saturated carbocycles. The van der Waals surface area contributed by atoms with Crippen molar-refractivity contribution in [2.45, 2.75) is 31.8 Å². The monoisotopic (exact) mass is 245 g/mol. The number of hydrogen-bond donors (Lipinski definition) is 0. The normalized spacial score (nSPS) is 18.1. The lowest BCUT2D eigenvalue weighted by atomic mass is 10.5. The number of sulfonamides is 1. The molecule has 6 nitrogen and oxygen atoms in total. The third kappa shape index (κ3) is 1.85. The smallest absolute Gasteiger partial charge is 0.284 e. The topological polar surface area (TPSA) is 64.4 Å². The zero-order valence-corrected chi connectivity index (χ0v) is 10.2.